The summed E-state index contributed by atoms with van der Waals surface area (Å²) in [6, 6.07) is 0. The van der Waals surface area contributed by atoms with Gasteiger partial charge in [0.15, 0.2) is 12.2 Å². The maximum Gasteiger partial charge on any atom is 0.472 e. The number of rotatable bonds is 78. The van der Waals surface area contributed by atoms with Gasteiger partial charge in [0.25, 0.3) is 0 Å². The first-order chi connectivity index (χ1) is 48.8. The van der Waals surface area contributed by atoms with Crippen molar-refractivity contribution in [1.82, 2.24) is 0 Å². The highest BCUT2D eigenvalue weighted by molar-refractivity contribution is 7.47. The molecule has 0 amide bonds. The maximum atomic E-state index is 13.1. The summed E-state index contributed by atoms with van der Waals surface area (Å²) in [5.74, 6) is 0.238. The van der Waals surface area contributed by atoms with E-state index < -0.39 is 97.5 Å². The number of aliphatic hydroxyl groups excluding tert-OH is 1. The van der Waals surface area contributed by atoms with Crippen molar-refractivity contribution in [3.05, 3.63) is 24.3 Å². The van der Waals surface area contributed by atoms with Crippen molar-refractivity contribution in [3.63, 3.8) is 0 Å². The van der Waals surface area contributed by atoms with E-state index in [4.69, 9.17) is 37.0 Å². The lowest BCUT2D eigenvalue weighted by Gasteiger charge is -2.21. The zero-order chi connectivity index (χ0) is 74.4. The molecule has 101 heavy (non-hydrogen) atoms. The first-order valence-corrected chi connectivity index (χ1v) is 44.7. The molecule has 3 N–H and O–H groups in total. The molecule has 0 saturated heterocycles. The van der Waals surface area contributed by atoms with Crippen molar-refractivity contribution in [2.24, 2.45) is 17.8 Å². The average Bonchev–Trinajstić information content (AvgIpc) is 0.976. The third-order valence-electron chi connectivity index (χ3n) is 19.2. The van der Waals surface area contributed by atoms with Crippen LogP contribution in [0.2, 0.25) is 0 Å². The van der Waals surface area contributed by atoms with E-state index in [2.05, 4.69) is 72.8 Å². The van der Waals surface area contributed by atoms with E-state index in [0.29, 0.717) is 25.7 Å². The molecule has 0 aromatic heterocycles. The lowest BCUT2D eigenvalue weighted by atomic mass is 9.99. The molecule has 4 unspecified atom stereocenters. The lowest BCUT2D eigenvalue weighted by Crippen LogP contribution is -2.30. The summed E-state index contributed by atoms with van der Waals surface area (Å²) >= 11 is 0. The van der Waals surface area contributed by atoms with E-state index >= 15 is 0 Å². The number of hydrogen-bond donors (Lipinski definition) is 3. The number of esters is 4. The third-order valence-corrected chi connectivity index (χ3v) is 21.1. The molecule has 17 nitrogen and oxygen atoms in total. The van der Waals surface area contributed by atoms with Crippen LogP contribution in [0.4, 0.5) is 0 Å². The Morgan fingerprint density at radius 2 is 0.584 bits per heavy atom. The van der Waals surface area contributed by atoms with Crippen molar-refractivity contribution in [2.45, 2.75) is 420 Å². The molecular weight excluding hydrogens is 1320 g/mol. The smallest absolute Gasteiger partial charge is 0.462 e. The minimum Gasteiger partial charge on any atom is -0.462 e. The highest BCUT2D eigenvalue weighted by Gasteiger charge is 2.30. The number of phosphoric ester groups is 2. The summed E-state index contributed by atoms with van der Waals surface area (Å²) in [5.41, 5.74) is 0. The van der Waals surface area contributed by atoms with Gasteiger partial charge in [-0.25, -0.2) is 9.13 Å². The Labute approximate surface area is 618 Å². The van der Waals surface area contributed by atoms with E-state index in [-0.39, 0.29) is 25.7 Å². The molecule has 0 spiro atoms. The fourth-order valence-electron chi connectivity index (χ4n) is 12.1. The molecule has 0 bridgehead atoms. The number of aliphatic hydroxyl groups is 1. The number of allylic oxidation sites excluding steroid dienone is 4. The average molecular weight is 1480 g/mol. The summed E-state index contributed by atoms with van der Waals surface area (Å²) < 4.78 is 68.7. The van der Waals surface area contributed by atoms with Crippen LogP contribution >= 0.6 is 15.6 Å². The lowest BCUT2D eigenvalue weighted by molar-refractivity contribution is -0.161. The normalized spacial score (nSPS) is 14.6. The van der Waals surface area contributed by atoms with Gasteiger partial charge in [-0.1, -0.05) is 349 Å². The van der Waals surface area contributed by atoms with Gasteiger partial charge in [-0.3, -0.25) is 37.3 Å². The molecule has 0 aromatic rings. The van der Waals surface area contributed by atoms with Crippen molar-refractivity contribution in [2.75, 3.05) is 39.6 Å². The Bertz CT molecular complexity index is 2060. The second-order valence-electron chi connectivity index (χ2n) is 29.8. The minimum absolute atomic E-state index is 0.101. The van der Waals surface area contributed by atoms with Crippen LogP contribution in [0.1, 0.15) is 402 Å². The van der Waals surface area contributed by atoms with E-state index in [9.17, 15) is 43.2 Å². The van der Waals surface area contributed by atoms with E-state index in [1.54, 1.807) is 0 Å². The van der Waals surface area contributed by atoms with E-state index in [1.807, 2.05) is 0 Å². The summed E-state index contributed by atoms with van der Waals surface area (Å²) in [6.45, 7) is 11.9. The van der Waals surface area contributed by atoms with Crippen LogP contribution in [0.25, 0.3) is 0 Å². The summed E-state index contributed by atoms with van der Waals surface area (Å²) in [7, 11) is -9.93. The molecule has 7 atom stereocenters. The molecule has 0 aliphatic carbocycles. The zero-order valence-corrected chi connectivity index (χ0v) is 67.6. The highest BCUT2D eigenvalue weighted by Crippen LogP contribution is 2.45. The predicted molar refractivity (Wildman–Crippen MR) is 414 cm³/mol. The fourth-order valence-corrected chi connectivity index (χ4v) is 13.6. The predicted octanol–water partition coefficient (Wildman–Crippen LogP) is 24.1. The van der Waals surface area contributed by atoms with Crippen molar-refractivity contribution < 1.29 is 80.2 Å². The van der Waals surface area contributed by atoms with Gasteiger partial charge in [0.05, 0.1) is 26.4 Å². The summed E-state index contributed by atoms with van der Waals surface area (Å²) in [6.07, 6.45) is 63.2. The second-order valence-corrected chi connectivity index (χ2v) is 32.7. The van der Waals surface area contributed by atoms with Crippen LogP contribution in [-0.4, -0.2) is 96.7 Å². The van der Waals surface area contributed by atoms with Gasteiger partial charge in [0.2, 0.25) is 0 Å². The van der Waals surface area contributed by atoms with Gasteiger partial charge in [0, 0.05) is 25.7 Å². The maximum absolute atomic E-state index is 13.1. The number of carbonyl (C=O) groups excluding carboxylic acids is 4. The number of ether oxygens (including phenoxy) is 4. The molecule has 0 aromatic carbocycles. The Morgan fingerprint density at radius 1 is 0.327 bits per heavy atom. The fraction of sp³-hybridized carbons (Fsp3) is 0.902. The molecule has 0 aliphatic heterocycles. The molecule has 0 rings (SSSR count). The Kier molecular flexibility index (Phi) is 70.0. The van der Waals surface area contributed by atoms with Crippen LogP contribution in [0.3, 0.4) is 0 Å². The Morgan fingerprint density at radius 3 is 0.881 bits per heavy atom. The van der Waals surface area contributed by atoms with Gasteiger partial charge >= 0.3 is 39.5 Å². The minimum atomic E-state index is -4.97. The number of unbranched alkanes of at least 4 members (excludes halogenated alkanes) is 41. The molecule has 0 heterocycles. The van der Waals surface area contributed by atoms with Crippen LogP contribution in [0, 0.1) is 17.8 Å². The standard InChI is InChI=1S/C82H156O17P2/c1-8-11-12-13-14-15-16-17-22-26-29-34-42-49-56-63-79(84)92-69-77(98-81(86)65-58-51-44-35-30-27-24-21-19-18-20-23-25-28-33-40-47-54-61-74(6)9-2)71-96-100(88,89)94-67-76(83)68-95-101(90,91)97-72-78(99-82(87)66-59-52-45-36-31-32-39-46-53-60-73(4)5)70-93-80(85)64-57-50-43-38-37-41-48-55-62-75(7)10-3/h15-17,22,73-78,83H,8-14,18-21,23-72H2,1-7H3,(H,88,89)(H,90,91)/b16-15-,22-17-/t74?,75?,76-,77-,78-/m1/s1. The van der Waals surface area contributed by atoms with Crippen LogP contribution in [-0.2, 0) is 65.4 Å². The molecular formula is C82H156O17P2. The van der Waals surface area contributed by atoms with Crippen LogP contribution < -0.4 is 0 Å². The summed E-state index contributed by atoms with van der Waals surface area (Å²) in [5, 5.41) is 10.6. The number of hydrogen-bond acceptors (Lipinski definition) is 15. The monoisotopic (exact) mass is 1480 g/mol. The van der Waals surface area contributed by atoms with Gasteiger partial charge in [-0.2, -0.15) is 0 Å². The van der Waals surface area contributed by atoms with Gasteiger partial charge in [-0.05, 0) is 69.1 Å². The third kappa shape index (κ3) is 72.9. The molecule has 596 valence electrons. The molecule has 19 heteroatoms. The topological polar surface area (TPSA) is 237 Å². The Hall–Kier alpha value is -2.46. The summed E-state index contributed by atoms with van der Waals surface area (Å²) in [4.78, 5) is 73.0. The van der Waals surface area contributed by atoms with Gasteiger partial charge < -0.3 is 33.8 Å². The number of phosphoric acid groups is 2. The molecule has 0 aliphatic rings. The van der Waals surface area contributed by atoms with Crippen molar-refractivity contribution in [3.8, 4) is 0 Å². The quantitative estimate of drug-likeness (QED) is 0.0169. The van der Waals surface area contributed by atoms with Gasteiger partial charge in [-0.15, -0.1) is 0 Å². The first kappa shape index (κ1) is 98.5. The Balaban J connectivity index is 5.26. The van der Waals surface area contributed by atoms with Gasteiger partial charge in [0.1, 0.15) is 19.3 Å². The number of carbonyl (C=O) groups is 4. The molecule has 0 fully saturated rings. The van der Waals surface area contributed by atoms with E-state index in [0.717, 1.165) is 127 Å². The van der Waals surface area contributed by atoms with Crippen LogP contribution in [0.5, 0.6) is 0 Å². The van der Waals surface area contributed by atoms with Crippen molar-refractivity contribution in [1.29, 1.82) is 0 Å². The zero-order valence-electron chi connectivity index (χ0n) is 65.9. The van der Waals surface area contributed by atoms with Crippen molar-refractivity contribution >= 4 is 39.5 Å². The highest BCUT2D eigenvalue weighted by atomic mass is 31.2. The van der Waals surface area contributed by atoms with Crippen LogP contribution in [0.15, 0.2) is 24.3 Å². The largest absolute Gasteiger partial charge is 0.472 e. The van der Waals surface area contributed by atoms with E-state index in [1.165, 1.54) is 193 Å². The molecule has 0 saturated carbocycles. The molecule has 0 radical (unpaired) electrons. The first-order valence-electron chi connectivity index (χ1n) is 41.7. The SMILES string of the molecule is CCCCCC/C=C\C=C/CCCCCCCC(=O)OC[C@H](COP(=O)(O)OC[C@@H](O)COP(=O)(O)OC[C@@H](COC(=O)CCCCCCCCCCC(C)CC)OC(=O)CCCCCCCCCCCC(C)C)OC(=O)CCCCCCCCCCCCCCCCCCCCC(C)CC. The second kappa shape index (κ2) is 71.8.